The van der Waals surface area contributed by atoms with Crippen LogP contribution in [0.3, 0.4) is 0 Å². The molecule has 0 fully saturated rings. The molecule has 1 aliphatic heterocycles. The maximum Gasteiger partial charge on any atom is 0.269 e. The molecule has 8 heteroatoms. The van der Waals surface area contributed by atoms with E-state index in [1.807, 2.05) is 13.8 Å². The molecule has 1 aliphatic rings. The number of carbonyl (C=O) groups excluding carboxylic acids is 1. The largest absolute Gasteiger partial charge is 0.457 e. The van der Waals surface area contributed by atoms with Crippen molar-refractivity contribution in [3.8, 4) is 11.3 Å². The van der Waals surface area contributed by atoms with Crippen LogP contribution in [0.4, 0.5) is 10.7 Å². The molecule has 0 radical (unpaired) electrons. The lowest BCUT2D eigenvalue weighted by Gasteiger charge is -2.24. The lowest BCUT2D eigenvalue weighted by Crippen LogP contribution is -2.37. The molecule has 0 bridgehead atoms. The minimum Gasteiger partial charge on any atom is -0.457 e. The lowest BCUT2D eigenvalue weighted by molar-refractivity contribution is -0.384. The lowest BCUT2D eigenvalue weighted by atomic mass is 10.1. The first-order chi connectivity index (χ1) is 12.4. The molecule has 3 heterocycles. The van der Waals surface area contributed by atoms with Crippen molar-refractivity contribution in [2.24, 2.45) is 0 Å². The summed E-state index contributed by atoms with van der Waals surface area (Å²) in [5, 5.41) is 17.8. The average Bonchev–Trinajstić information content (AvgIpc) is 3.21. The smallest absolute Gasteiger partial charge is 0.269 e. The van der Waals surface area contributed by atoms with E-state index in [1.165, 1.54) is 12.1 Å². The van der Waals surface area contributed by atoms with Gasteiger partial charge in [0.2, 0.25) is 0 Å². The van der Waals surface area contributed by atoms with Crippen molar-refractivity contribution < 1.29 is 14.1 Å². The van der Waals surface area contributed by atoms with Crippen molar-refractivity contribution in [2.45, 2.75) is 20.0 Å². The topological polar surface area (TPSA) is 97.4 Å². The van der Waals surface area contributed by atoms with Gasteiger partial charge in [0, 0.05) is 22.6 Å². The minimum absolute atomic E-state index is 0.0257. The number of rotatable bonds is 3. The van der Waals surface area contributed by atoms with Crippen LogP contribution in [0, 0.1) is 24.0 Å². The Hall–Kier alpha value is -3.13. The molecule has 132 valence electrons. The molecule has 2 N–H and O–H groups in total. The number of nitro benzene ring substituents is 1. The van der Waals surface area contributed by atoms with Crippen LogP contribution in [0.2, 0.25) is 0 Å². The third kappa shape index (κ3) is 2.64. The summed E-state index contributed by atoms with van der Waals surface area (Å²) in [4.78, 5) is 23.8. The van der Waals surface area contributed by atoms with E-state index in [2.05, 4.69) is 10.6 Å². The maximum absolute atomic E-state index is 12.4. The number of hydrogen-bond donors (Lipinski definition) is 2. The zero-order valence-electron chi connectivity index (χ0n) is 14.0. The van der Waals surface area contributed by atoms with E-state index >= 15 is 0 Å². The van der Waals surface area contributed by atoms with E-state index in [-0.39, 0.29) is 11.6 Å². The molecular weight excluding hydrogens is 354 g/mol. The van der Waals surface area contributed by atoms with Gasteiger partial charge in [0.1, 0.15) is 16.5 Å². The van der Waals surface area contributed by atoms with Crippen LogP contribution in [0.25, 0.3) is 11.3 Å². The maximum atomic E-state index is 12.4. The van der Waals surface area contributed by atoms with Crippen LogP contribution in [0.1, 0.15) is 32.7 Å². The number of nitrogens with one attached hydrogen (secondary N) is 2. The molecule has 1 aromatic carbocycles. The summed E-state index contributed by atoms with van der Waals surface area (Å²) in [5.41, 5.74) is 2.43. The summed E-state index contributed by atoms with van der Waals surface area (Å²) < 4.78 is 5.87. The number of nitro groups is 1. The van der Waals surface area contributed by atoms with Crippen LogP contribution in [-0.4, -0.2) is 10.8 Å². The van der Waals surface area contributed by atoms with Crippen molar-refractivity contribution >= 4 is 27.9 Å². The van der Waals surface area contributed by atoms with E-state index in [0.717, 1.165) is 21.0 Å². The van der Waals surface area contributed by atoms with Gasteiger partial charge < -0.3 is 15.1 Å². The first-order valence-electron chi connectivity index (χ1n) is 7.96. The molecule has 0 saturated carbocycles. The molecule has 7 nitrogen and oxygen atoms in total. The Labute approximate surface area is 152 Å². The normalized spacial score (nSPS) is 15.9. The van der Waals surface area contributed by atoms with Crippen LogP contribution in [-0.2, 0) is 0 Å². The number of fused-ring (bicyclic) bond motifs is 1. The molecule has 0 spiro atoms. The molecule has 2 aromatic heterocycles. The van der Waals surface area contributed by atoms with Crippen LogP contribution in [0.5, 0.6) is 0 Å². The fraction of sp³-hybridized carbons (Fsp3) is 0.167. The Morgan fingerprint density at radius 3 is 2.54 bits per heavy atom. The van der Waals surface area contributed by atoms with Crippen molar-refractivity contribution in [1.29, 1.82) is 0 Å². The second kappa shape index (κ2) is 5.99. The number of furan rings is 1. The number of benzene rings is 1. The third-order valence-corrected chi connectivity index (χ3v) is 5.58. The van der Waals surface area contributed by atoms with Gasteiger partial charge >= 0.3 is 0 Å². The Morgan fingerprint density at radius 1 is 1.12 bits per heavy atom. The van der Waals surface area contributed by atoms with Crippen molar-refractivity contribution in [3.05, 3.63) is 68.3 Å². The van der Waals surface area contributed by atoms with Crippen LogP contribution in [0.15, 0.2) is 40.8 Å². The molecule has 0 saturated heterocycles. The number of hydrogen-bond acceptors (Lipinski definition) is 6. The van der Waals surface area contributed by atoms with Crippen molar-refractivity contribution in [3.63, 3.8) is 0 Å². The minimum atomic E-state index is -0.459. The second-order valence-electron chi connectivity index (χ2n) is 6.04. The van der Waals surface area contributed by atoms with Crippen LogP contribution < -0.4 is 10.6 Å². The third-order valence-electron chi connectivity index (χ3n) is 4.44. The van der Waals surface area contributed by atoms with Gasteiger partial charge in [0.15, 0.2) is 6.17 Å². The number of thiophene rings is 1. The number of amides is 1. The SMILES string of the molecule is Cc1sc2c(c1C)C(=O)N[C@@H](c1ccc(-c3ccc([N+](=O)[O-])cc3)o1)N2. The molecule has 1 amide bonds. The van der Waals surface area contributed by atoms with Crippen molar-refractivity contribution in [1.82, 2.24) is 5.32 Å². The number of nitrogens with zero attached hydrogens (tertiary/aromatic N) is 1. The zero-order valence-corrected chi connectivity index (χ0v) is 14.8. The standard InChI is InChI=1S/C18H15N3O4S/c1-9-10(2)26-18-15(9)17(22)19-16(20-18)14-8-7-13(25-14)11-3-5-12(6-4-11)21(23)24/h3-8,16,20H,1-2H3,(H,19,22)/t16-/m1/s1. The van der Waals surface area contributed by atoms with Crippen molar-refractivity contribution in [2.75, 3.05) is 5.32 Å². The van der Waals surface area contributed by atoms with Gasteiger partial charge in [-0.3, -0.25) is 14.9 Å². The fourth-order valence-electron chi connectivity index (χ4n) is 2.93. The average molecular weight is 369 g/mol. The quantitative estimate of drug-likeness (QED) is 0.527. The second-order valence-corrected chi connectivity index (χ2v) is 7.27. The summed E-state index contributed by atoms with van der Waals surface area (Å²) in [5.74, 6) is 1.02. The van der Waals surface area contributed by atoms with Gasteiger partial charge in [-0.1, -0.05) is 0 Å². The number of carbonyl (C=O) groups is 1. The molecule has 26 heavy (non-hydrogen) atoms. The molecule has 4 rings (SSSR count). The van der Waals surface area contributed by atoms with E-state index < -0.39 is 11.1 Å². The van der Waals surface area contributed by atoms with E-state index in [9.17, 15) is 14.9 Å². The van der Waals surface area contributed by atoms with Gasteiger partial charge in [-0.05, 0) is 43.7 Å². The number of anilines is 1. The fourth-order valence-corrected chi connectivity index (χ4v) is 4.01. The van der Waals surface area contributed by atoms with E-state index in [0.29, 0.717) is 17.1 Å². The predicted octanol–water partition coefficient (Wildman–Crippen LogP) is 4.39. The Kier molecular flexibility index (Phi) is 3.77. The highest BCUT2D eigenvalue weighted by molar-refractivity contribution is 7.16. The summed E-state index contributed by atoms with van der Waals surface area (Å²) in [6.45, 7) is 3.92. The zero-order chi connectivity index (χ0) is 18.4. The van der Waals surface area contributed by atoms with Crippen LogP contribution >= 0.6 is 11.3 Å². The predicted molar refractivity (Wildman–Crippen MR) is 98.4 cm³/mol. The highest BCUT2D eigenvalue weighted by atomic mass is 32.1. The first kappa shape index (κ1) is 16.3. The molecule has 3 aromatic rings. The summed E-state index contributed by atoms with van der Waals surface area (Å²) >= 11 is 1.55. The monoisotopic (exact) mass is 369 g/mol. The van der Waals surface area contributed by atoms with Gasteiger partial charge in [-0.15, -0.1) is 11.3 Å². The molecule has 0 aliphatic carbocycles. The Morgan fingerprint density at radius 2 is 1.85 bits per heavy atom. The summed E-state index contributed by atoms with van der Waals surface area (Å²) in [6, 6.07) is 9.70. The van der Waals surface area contributed by atoms with Gasteiger partial charge in [0.25, 0.3) is 11.6 Å². The van der Waals surface area contributed by atoms with Gasteiger partial charge in [-0.2, -0.15) is 0 Å². The number of non-ortho nitro benzene ring substituents is 1. The number of aryl methyl sites for hydroxylation is 1. The highest BCUT2D eigenvalue weighted by Gasteiger charge is 2.30. The highest BCUT2D eigenvalue weighted by Crippen LogP contribution is 2.38. The summed E-state index contributed by atoms with van der Waals surface area (Å²) in [6.07, 6.45) is -0.459. The Bertz CT molecular complexity index is 1020. The van der Waals surface area contributed by atoms with E-state index in [1.54, 1.807) is 35.6 Å². The van der Waals surface area contributed by atoms with E-state index in [4.69, 9.17) is 4.42 Å². The Balaban J connectivity index is 1.60. The first-order valence-corrected chi connectivity index (χ1v) is 8.77. The van der Waals surface area contributed by atoms with Gasteiger partial charge in [0.05, 0.1) is 10.5 Å². The molecule has 0 unspecified atom stereocenters. The summed E-state index contributed by atoms with van der Waals surface area (Å²) in [7, 11) is 0. The molecular formula is C18H15N3O4S. The molecule has 1 atom stereocenters. The van der Waals surface area contributed by atoms with Gasteiger partial charge in [-0.25, -0.2) is 0 Å².